The number of hydrogen-bond donors (Lipinski definition) is 1. The van der Waals surface area contributed by atoms with Gasteiger partial charge in [0.1, 0.15) is 0 Å². The molecule has 4 aromatic rings. The van der Waals surface area contributed by atoms with Gasteiger partial charge in [0, 0.05) is 53.0 Å². The number of amides is 2. The average Bonchev–Trinajstić information content (AvgIpc) is 3.35. The van der Waals surface area contributed by atoms with Gasteiger partial charge in [0.15, 0.2) is 0 Å². The number of aromatic nitrogens is 3. The van der Waals surface area contributed by atoms with E-state index >= 15 is 0 Å². The van der Waals surface area contributed by atoms with Crippen molar-refractivity contribution in [1.82, 2.24) is 14.4 Å². The van der Waals surface area contributed by atoms with E-state index in [-0.39, 0.29) is 18.2 Å². The lowest BCUT2D eigenvalue weighted by atomic mass is 10.1. The van der Waals surface area contributed by atoms with Crippen molar-refractivity contribution < 1.29 is 9.59 Å². The van der Waals surface area contributed by atoms with E-state index in [2.05, 4.69) is 15.3 Å². The van der Waals surface area contributed by atoms with Gasteiger partial charge in [0.25, 0.3) is 0 Å². The number of fused-ring (bicyclic) bond motifs is 1. The van der Waals surface area contributed by atoms with Crippen LogP contribution in [0.3, 0.4) is 0 Å². The lowest BCUT2D eigenvalue weighted by molar-refractivity contribution is -0.122. The molecule has 2 amide bonds. The van der Waals surface area contributed by atoms with Crippen LogP contribution >= 0.6 is 11.6 Å². The summed E-state index contributed by atoms with van der Waals surface area (Å²) in [5, 5.41) is 3.56. The van der Waals surface area contributed by atoms with Crippen LogP contribution in [-0.2, 0) is 9.59 Å². The SMILES string of the molecule is Cc1c(-c2cccc(NC(=O)[C@H]3CC(=O)N(c4ccc(Cl)cc4)C3)c2)nc2ncccn12. The van der Waals surface area contributed by atoms with Gasteiger partial charge in [0.2, 0.25) is 17.6 Å². The largest absolute Gasteiger partial charge is 0.326 e. The maximum absolute atomic E-state index is 12.9. The highest BCUT2D eigenvalue weighted by molar-refractivity contribution is 6.30. The van der Waals surface area contributed by atoms with Crippen molar-refractivity contribution in [1.29, 1.82) is 0 Å². The van der Waals surface area contributed by atoms with Gasteiger partial charge in [-0.15, -0.1) is 0 Å². The number of benzene rings is 2. The minimum absolute atomic E-state index is 0.0750. The second-order valence-electron chi connectivity index (χ2n) is 7.79. The fourth-order valence-electron chi connectivity index (χ4n) is 4.02. The standard InChI is InChI=1S/C24H20ClN5O2/c1-15-22(28-24-26-10-3-11-29(15)24)16-4-2-5-19(12-16)27-23(32)17-13-21(31)30(14-17)20-8-6-18(25)7-9-20/h2-12,17H,13-14H2,1H3,(H,27,32)/t17-/m0/s1. The second-order valence-corrected chi connectivity index (χ2v) is 8.22. The van der Waals surface area contributed by atoms with E-state index in [1.54, 1.807) is 35.4 Å². The summed E-state index contributed by atoms with van der Waals surface area (Å²) in [7, 11) is 0. The summed E-state index contributed by atoms with van der Waals surface area (Å²) in [6.45, 7) is 2.32. The van der Waals surface area contributed by atoms with E-state index in [1.165, 1.54) is 0 Å². The predicted molar refractivity (Wildman–Crippen MR) is 124 cm³/mol. The van der Waals surface area contributed by atoms with Gasteiger partial charge in [0.05, 0.1) is 11.6 Å². The first-order valence-electron chi connectivity index (χ1n) is 10.3. The van der Waals surface area contributed by atoms with Gasteiger partial charge < -0.3 is 10.2 Å². The number of hydrogen-bond acceptors (Lipinski definition) is 4. The molecule has 3 heterocycles. The highest BCUT2D eigenvalue weighted by Gasteiger charge is 2.35. The van der Waals surface area contributed by atoms with Crippen LogP contribution in [0.5, 0.6) is 0 Å². The Bertz CT molecular complexity index is 1330. The van der Waals surface area contributed by atoms with Crippen LogP contribution in [0.2, 0.25) is 5.02 Å². The summed E-state index contributed by atoms with van der Waals surface area (Å²) >= 11 is 5.94. The van der Waals surface area contributed by atoms with Gasteiger partial charge >= 0.3 is 0 Å². The molecule has 0 aliphatic carbocycles. The van der Waals surface area contributed by atoms with Gasteiger partial charge in [-0.2, -0.15) is 0 Å². The summed E-state index contributed by atoms with van der Waals surface area (Å²) in [6, 6.07) is 16.5. The van der Waals surface area contributed by atoms with Crippen LogP contribution in [-0.4, -0.2) is 32.7 Å². The minimum Gasteiger partial charge on any atom is -0.326 e. The van der Waals surface area contributed by atoms with Crippen molar-refractivity contribution in [3.05, 3.63) is 77.7 Å². The summed E-state index contributed by atoms with van der Waals surface area (Å²) < 4.78 is 1.93. The Morgan fingerprint density at radius 1 is 1.16 bits per heavy atom. The molecule has 5 rings (SSSR count). The zero-order valence-electron chi connectivity index (χ0n) is 17.3. The topological polar surface area (TPSA) is 79.6 Å². The Kier molecular flexibility index (Phi) is 5.11. The molecule has 0 saturated carbocycles. The molecule has 1 N–H and O–H groups in total. The molecule has 160 valence electrons. The first-order valence-corrected chi connectivity index (χ1v) is 10.6. The smallest absolute Gasteiger partial charge is 0.234 e. The predicted octanol–water partition coefficient (Wildman–Crippen LogP) is 4.35. The van der Waals surface area contributed by atoms with Gasteiger partial charge in [-0.05, 0) is 49.4 Å². The fourth-order valence-corrected chi connectivity index (χ4v) is 4.14. The number of halogens is 1. The maximum atomic E-state index is 12.9. The molecule has 2 aromatic carbocycles. The molecule has 7 nitrogen and oxygen atoms in total. The van der Waals surface area contributed by atoms with E-state index in [0.717, 1.165) is 22.6 Å². The molecule has 0 radical (unpaired) electrons. The molecule has 8 heteroatoms. The molecule has 2 aromatic heterocycles. The normalized spacial score (nSPS) is 16.0. The molecule has 1 atom stereocenters. The maximum Gasteiger partial charge on any atom is 0.234 e. The van der Waals surface area contributed by atoms with Crippen molar-refractivity contribution in [3.8, 4) is 11.3 Å². The summed E-state index contributed by atoms with van der Waals surface area (Å²) in [6.07, 6.45) is 3.80. The third-order valence-electron chi connectivity index (χ3n) is 5.68. The number of carbonyl (C=O) groups excluding carboxylic acids is 2. The Morgan fingerprint density at radius 2 is 1.97 bits per heavy atom. The Morgan fingerprint density at radius 3 is 2.75 bits per heavy atom. The minimum atomic E-state index is -0.428. The zero-order chi connectivity index (χ0) is 22.2. The van der Waals surface area contributed by atoms with E-state index in [0.29, 0.717) is 23.0 Å². The molecule has 1 aliphatic rings. The molecule has 1 aliphatic heterocycles. The third-order valence-corrected chi connectivity index (χ3v) is 5.93. The van der Waals surface area contributed by atoms with Gasteiger partial charge in [-0.3, -0.25) is 14.0 Å². The number of rotatable bonds is 4. The lowest BCUT2D eigenvalue weighted by Gasteiger charge is -2.17. The van der Waals surface area contributed by atoms with Crippen molar-refractivity contribution in [2.24, 2.45) is 5.92 Å². The number of nitrogens with zero attached hydrogens (tertiary/aromatic N) is 4. The zero-order valence-corrected chi connectivity index (χ0v) is 18.1. The molecule has 0 spiro atoms. The number of imidazole rings is 1. The highest BCUT2D eigenvalue weighted by atomic mass is 35.5. The second kappa shape index (κ2) is 8.09. The van der Waals surface area contributed by atoms with Crippen LogP contribution in [0.4, 0.5) is 11.4 Å². The molecule has 1 saturated heterocycles. The first-order chi connectivity index (χ1) is 15.5. The number of anilines is 2. The Hall–Kier alpha value is -3.71. The van der Waals surface area contributed by atoms with Crippen LogP contribution in [0.1, 0.15) is 12.1 Å². The van der Waals surface area contributed by atoms with Crippen LogP contribution in [0.25, 0.3) is 17.0 Å². The van der Waals surface area contributed by atoms with Crippen LogP contribution < -0.4 is 10.2 Å². The quantitative estimate of drug-likeness (QED) is 0.506. The monoisotopic (exact) mass is 445 g/mol. The van der Waals surface area contributed by atoms with Crippen molar-refractivity contribution >= 4 is 40.6 Å². The molecule has 0 unspecified atom stereocenters. The summed E-state index contributed by atoms with van der Waals surface area (Å²) in [5.41, 5.74) is 4.07. The van der Waals surface area contributed by atoms with Crippen LogP contribution in [0.15, 0.2) is 67.0 Å². The third kappa shape index (κ3) is 3.71. The molecular formula is C24H20ClN5O2. The highest BCUT2D eigenvalue weighted by Crippen LogP contribution is 2.29. The Balaban J connectivity index is 1.33. The molecule has 32 heavy (non-hydrogen) atoms. The molecule has 0 bridgehead atoms. The number of nitrogens with one attached hydrogen (secondary N) is 1. The fraction of sp³-hybridized carbons (Fsp3) is 0.167. The van der Waals surface area contributed by atoms with Crippen molar-refractivity contribution in [2.75, 3.05) is 16.8 Å². The lowest BCUT2D eigenvalue weighted by Crippen LogP contribution is -2.28. The first kappa shape index (κ1) is 20.2. The average molecular weight is 446 g/mol. The number of aryl methyl sites for hydroxylation is 1. The van der Waals surface area contributed by atoms with E-state index in [1.807, 2.05) is 47.9 Å². The number of carbonyl (C=O) groups is 2. The summed E-state index contributed by atoms with van der Waals surface area (Å²) in [4.78, 5) is 35.9. The van der Waals surface area contributed by atoms with E-state index in [4.69, 9.17) is 11.6 Å². The van der Waals surface area contributed by atoms with E-state index < -0.39 is 5.92 Å². The van der Waals surface area contributed by atoms with Crippen LogP contribution in [0, 0.1) is 12.8 Å². The van der Waals surface area contributed by atoms with Gasteiger partial charge in [-0.25, -0.2) is 9.97 Å². The summed E-state index contributed by atoms with van der Waals surface area (Å²) in [5.74, 6) is -0.0569. The Labute approximate surface area is 189 Å². The molecular weight excluding hydrogens is 426 g/mol. The van der Waals surface area contributed by atoms with Crippen molar-refractivity contribution in [2.45, 2.75) is 13.3 Å². The van der Waals surface area contributed by atoms with E-state index in [9.17, 15) is 9.59 Å². The molecule has 1 fully saturated rings. The van der Waals surface area contributed by atoms with Gasteiger partial charge in [-0.1, -0.05) is 23.7 Å². The van der Waals surface area contributed by atoms with Crippen molar-refractivity contribution in [3.63, 3.8) is 0 Å².